The molecule has 1 aliphatic rings. The third kappa shape index (κ3) is 3.25. The summed E-state index contributed by atoms with van der Waals surface area (Å²) in [5.74, 6) is 0.269. The fourth-order valence-electron chi connectivity index (χ4n) is 2.84. The standard InChI is InChI=1S/C15H24N2OS/c1-10-7-17(8-11(2)16(10)5)9-15(18)14-6-12(3)19-13(14)4/h6,10-11H,7-9H2,1-5H3. The van der Waals surface area contributed by atoms with Crippen LogP contribution in [0.15, 0.2) is 6.07 Å². The molecule has 0 radical (unpaired) electrons. The topological polar surface area (TPSA) is 23.6 Å². The first-order valence-corrected chi connectivity index (χ1v) is 7.74. The lowest BCUT2D eigenvalue weighted by atomic mass is 10.1. The van der Waals surface area contributed by atoms with Crippen molar-refractivity contribution in [3.05, 3.63) is 21.4 Å². The van der Waals surface area contributed by atoms with E-state index in [2.05, 4.69) is 37.6 Å². The van der Waals surface area contributed by atoms with Gasteiger partial charge in [-0.25, -0.2) is 0 Å². The molecule has 1 saturated heterocycles. The Hall–Kier alpha value is -0.710. The molecule has 0 amide bonds. The molecule has 1 aliphatic heterocycles. The van der Waals surface area contributed by atoms with Crippen LogP contribution in [0.1, 0.15) is 34.0 Å². The Bertz CT molecular complexity index is 457. The summed E-state index contributed by atoms with van der Waals surface area (Å²) < 4.78 is 0. The summed E-state index contributed by atoms with van der Waals surface area (Å²) in [4.78, 5) is 19.5. The number of carbonyl (C=O) groups is 1. The zero-order valence-corrected chi connectivity index (χ0v) is 13.4. The molecule has 0 spiro atoms. The van der Waals surface area contributed by atoms with Gasteiger partial charge in [0.2, 0.25) is 0 Å². The highest BCUT2D eigenvalue weighted by molar-refractivity contribution is 7.12. The Morgan fingerprint density at radius 2 is 1.89 bits per heavy atom. The Morgan fingerprint density at radius 3 is 2.37 bits per heavy atom. The van der Waals surface area contributed by atoms with Crippen LogP contribution in [0, 0.1) is 13.8 Å². The predicted molar refractivity (Wildman–Crippen MR) is 81.3 cm³/mol. The molecule has 2 heterocycles. The normalized spacial score (nSPS) is 25.7. The zero-order chi connectivity index (χ0) is 14.2. The first-order valence-electron chi connectivity index (χ1n) is 6.93. The van der Waals surface area contributed by atoms with Crippen LogP contribution < -0.4 is 0 Å². The molecule has 106 valence electrons. The van der Waals surface area contributed by atoms with Gasteiger partial charge in [-0.1, -0.05) is 0 Å². The lowest BCUT2D eigenvalue weighted by molar-refractivity contribution is 0.0549. The Morgan fingerprint density at radius 1 is 1.32 bits per heavy atom. The smallest absolute Gasteiger partial charge is 0.177 e. The Labute approximate surface area is 120 Å². The molecule has 0 aliphatic carbocycles. The second kappa shape index (κ2) is 5.73. The van der Waals surface area contributed by atoms with E-state index in [1.54, 1.807) is 11.3 Å². The van der Waals surface area contributed by atoms with Crippen molar-refractivity contribution in [2.24, 2.45) is 0 Å². The summed E-state index contributed by atoms with van der Waals surface area (Å²) in [5, 5.41) is 0. The molecule has 0 saturated carbocycles. The highest BCUT2D eigenvalue weighted by atomic mass is 32.1. The van der Waals surface area contributed by atoms with E-state index in [0.717, 1.165) is 23.5 Å². The van der Waals surface area contributed by atoms with Crippen molar-refractivity contribution in [1.82, 2.24) is 9.80 Å². The molecule has 3 nitrogen and oxygen atoms in total. The fourth-order valence-corrected chi connectivity index (χ4v) is 3.78. The van der Waals surface area contributed by atoms with Gasteiger partial charge in [-0.2, -0.15) is 0 Å². The van der Waals surface area contributed by atoms with E-state index in [4.69, 9.17) is 0 Å². The number of thiophene rings is 1. The van der Waals surface area contributed by atoms with E-state index in [0.29, 0.717) is 18.6 Å². The van der Waals surface area contributed by atoms with E-state index in [9.17, 15) is 4.79 Å². The molecule has 0 aromatic carbocycles. The number of hydrogen-bond donors (Lipinski definition) is 0. The quantitative estimate of drug-likeness (QED) is 0.795. The third-order valence-electron chi connectivity index (χ3n) is 4.14. The van der Waals surface area contributed by atoms with Gasteiger partial charge in [0.25, 0.3) is 0 Å². The average Bonchev–Trinajstić information content (AvgIpc) is 2.65. The molecule has 0 bridgehead atoms. The molecule has 4 heteroatoms. The van der Waals surface area contributed by atoms with Crippen molar-refractivity contribution < 1.29 is 4.79 Å². The second-order valence-corrected chi connectivity index (χ2v) is 7.27. The zero-order valence-electron chi connectivity index (χ0n) is 12.6. The van der Waals surface area contributed by atoms with Gasteiger partial charge < -0.3 is 0 Å². The van der Waals surface area contributed by atoms with Gasteiger partial charge in [0.1, 0.15) is 0 Å². The van der Waals surface area contributed by atoms with Crippen LogP contribution >= 0.6 is 11.3 Å². The minimum absolute atomic E-state index is 0.269. The van der Waals surface area contributed by atoms with Crippen LogP contribution in [0.3, 0.4) is 0 Å². The molecule has 1 aromatic rings. The lowest BCUT2D eigenvalue weighted by Crippen LogP contribution is -2.55. The fraction of sp³-hybridized carbons (Fsp3) is 0.667. The van der Waals surface area contributed by atoms with E-state index >= 15 is 0 Å². The number of rotatable bonds is 3. The van der Waals surface area contributed by atoms with Crippen molar-refractivity contribution in [3.63, 3.8) is 0 Å². The summed E-state index contributed by atoms with van der Waals surface area (Å²) in [6.07, 6.45) is 0. The SMILES string of the molecule is Cc1cc(C(=O)CN2CC(C)N(C)C(C)C2)c(C)s1. The van der Waals surface area contributed by atoms with Gasteiger partial charge >= 0.3 is 0 Å². The Kier molecular flexibility index (Phi) is 4.43. The maximum Gasteiger partial charge on any atom is 0.177 e. The van der Waals surface area contributed by atoms with E-state index < -0.39 is 0 Å². The number of likely N-dealkylation sites (N-methyl/N-ethyl adjacent to an activating group) is 1. The largest absolute Gasteiger partial charge is 0.298 e. The molecule has 1 fully saturated rings. The molecule has 0 N–H and O–H groups in total. The molecule has 1 aromatic heterocycles. The van der Waals surface area contributed by atoms with Gasteiger partial charge in [-0.15, -0.1) is 11.3 Å². The van der Waals surface area contributed by atoms with Gasteiger partial charge in [-0.05, 0) is 40.8 Å². The third-order valence-corrected chi connectivity index (χ3v) is 5.11. The van der Waals surface area contributed by atoms with E-state index in [-0.39, 0.29) is 5.78 Å². The van der Waals surface area contributed by atoms with Crippen molar-refractivity contribution in [3.8, 4) is 0 Å². The molecule has 2 atom stereocenters. The minimum atomic E-state index is 0.269. The monoisotopic (exact) mass is 280 g/mol. The molecule has 19 heavy (non-hydrogen) atoms. The van der Waals surface area contributed by atoms with Crippen molar-refractivity contribution in [2.45, 2.75) is 39.8 Å². The van der Waals surface area contributed by atoms with Crippen molar-refractivity contribution in [2.75, 3.05) is 26.7 Å². The van der Waals surface area contributed by atoms with Gasteiger partial charge in [-0.3, -0.25) is 14.6 Å². The summed E-state index contributed by atoms with van der Waals surface area (Å²) in [5.41, 5.74) is 0.918. The first kappa shape index (κ1) is 14.7. The number of aryl methyl sites for hydroxylation is 2. The predicted octanol–water partition coefficient (Wildman–Crippen LogP) is 2.57. The second-order valence-electron chi connectivity index (χ2n) is 5.81. The number of nitrogens with zero attached hydrogens (tertiary/aromatic N) is 2. The highest BCUT2D eigenvalue weighted by Gasteiger charge is 2.28. The maximum atomic E-state index is 12.4. The number of carbonyl (C=O) groups excluding carboxylic acids is 1. The summed E-state index contributed by atoms with van der Waals surface area (Å²) in [6, 6.07) is 3.06. The summed E-state index contributed by atoms with van der Waals surface area (Å²) in [7, 11) is 2.17. The van der Waals surface area contributed by atoms with Gasteiger partial charge in [0.15, 0.2) is 5.78 Å². The van der Waals surface area contributed by atoms with Gasteiger partial charge in [0, 0.05) is 40.5 Å². The first-order chi connectivity index (χ1) is 8.88. The Balaban J connectivity index is 2.02. The van der Waals surface area contributed by atoms with Crippen LogP contribution in [0.4, 0.5) is 0 Å². The maximum absolute atomic E-state index is 12.4. The van der Waals surface area contributed by atoms with Crippen LogP contribution in [0.5, 0.6) is 0 Å². The number of piperazine rings is 1. The van der Waals surface area contributed by atoms with Crippen molar-refractivity contribution in [1.29, 1.82) is 0 Å². The molecule has 2 unspecified atom stereocenters. The van der Waals surface area contributed by atoms with Crippen LogP contribution in [0.2, 0.25) is 0 Å². The molecular formula is C15H24N2OS. The van der Waals surface area contributed by atoms with Crippen LogP contribution in [-0.2, 0) is 0 Å². The number of Topliss-reactive ketones (excluding diaryl/α,β-unsaturated/α-hetero) is 1. The minimum Gasteiger partial charge on any atom is -0.298 e. The van der Waals surface area contributed by atoms with E-state index in [1.807, 2.05) is 13.0 Å². The van der Waals surface area contributed by atoms with Crippen LogP contribution in [-0.4, -0.2) is 54.3 Å². The molecular weight excluding hydrogens is 256 g/mol. The van der Waals surface area contributed by atoms with Crippen LogP contribution in [0.25, 0.3) is 0 Å². The number of ketones is 1. The van der Waals surface area contributed by atoms with E-state index in [1.165, 1.54) is 4.88 Å². The summed E-state index contributed by atoms with van der Waals surface area (Å²) >= 11 is 1.71. The highest BCUT2D eigenvalue weighted by Crippen LogP contribution is 2.22. The van der Waals surface area contributed by atoms with Gasteiger partial charge in [0.05, 0.1) is 6.54 Å². The summed E-state index contributed by atoms with van der Waals surface area (Å²) in [6.45, 7) is 11.1. The molecule has 2 rings (SSSR count). The number of hydrogen-bond acceptors (Lipinski definition) is 4. The lowest BCUT2D eigenvalue weighted by Gasteiger charge is -2.42. The van der Waals surface area contributed by atoms with Crippen molar-refractivity contribution >= 4 is 17.1 Å². The average molecular weight is 280 g/mol.